The lowest BCUT2D eigenvalue weighted by Gasteiger charge is -2.12. The summed E-state index contributed by atoms with van der Waals surface area (Å²) in [6.45, 7) is 1.58. The number of carboxylic acids is 1. The maximum absolute atomic E-state index is 13.0. The van der Waals surface area contributed by atoms with Gasteiger partial charge in [-0.15, -0.1) is 0 Å². The summed E-state index contributed by atoms with van der Waals surface area (Å²) in [4.78, 5) is 23.5. The highest BCUT2D eigenvalue weighted by molar-refractivity contribution is 7.92. The van der Waals surface area contributed by atoms with E-state index >= 15 is 0 Å². The molecule has 0 fully saturated rings. The molecule has 0 aliphatic carbocycles. The van der Waals surface area contributed by atoms with Crippen molar-refractivity contribution in [1.29, 1.82) is 0 Å². The Morgan fingerprint density at radius 1 is 0.900 bits per heavy atom. The fourth-order valence-electron chi connectivity index (χ4n) is 2.69. The Morgan fingerprint density at radius 2 is 1.60 bits per heavy atom. The molecule has 0 unspecified atom stereocenters. The topological polar surface area (TPSA) is 113 Å². The standard InChI is InChI=1S/C21H17FN2O5S/c1-13-5-6-14(20(25)23-18-4-2-3-15(11-18)21(26)27)12-19(13)30(28,29)24-17-9-7-16(22)8-10-17/h2-12,24H,1H3,(H,23,25)(H,26,27). The Kier molecular flexibility index (Phi) is 5.84. The lowest BCUT2D eigenvalue weighted by Crippen LogP contribution is -2.17. The average molecular weight is 428 g/mol. The molecular weight excluding hydrogens is 411 g/mol. The van der Waals surface area contributed by atoms with Gasteiger partial charge in [0.2, 0.25) is 0 Å². The third-order valence-corrected chi connectivity index (χ3v) is 5.73. The summed E-state index contributed by atoms with van der Waals surface area (Å²) in [6.07, 6.45) is 0. The van der Waals surface area contributed by atoms with Gasteiger partial charge in [-0.3, -0.25) is 9.52 Å². The van der Waals surface area contributed by atoms with E-state index in [0.29, 0.717) is 5.56 Å². The lowest BCUT2D eigenvalue weighted by atomic mass is 10.1. The fraction of sp³-hybridized carbons (Fsp3) is 0.0476. The summed E-state index contributed by atoms with van der Waals surface area (Å²) in [6, 6.07) is 14.7. The minimum Gasteiger partial charge on any atom is -0.478 e. The van der Waals surface area contributed by atoms with Gasteiger partial charge >= 0.3 is 5.97 Å². The van der Waals surface area contributed by atoms with Gasteiger partial charge in [0.15, 0.2) is 0 Å². The number of carbonyl (C=O) groups is 2. The van der Waals surface area contributed by atoms with E-state index in [9.17, 15) is 22.4 Å². The van der Waals surface area contributed by atoms with E-state index in [-0.39, 0.29) is 27.4 Å². The zero-order chi connectivity index (χ0) is 21.9. The molecular formula is C21H17FN2O5S. The summed E-state index contributed by atoms with van der Waals surface area (Å²) in [5.74, 6) is -2.24. The number of hydrogen-bond acceptors (Lipinski definition) is 4. The van der Waals surface area contributed by atoms with Crippen molar-refractivity contribution in [1.82, 2.24) is 0 Å². The second-order valence-electron chi connectivity index (χ2n) is 6.43. The number of sulfonamides is 1. The molecule has 0 spiro atoms. The van der Waals surface area contributed by atoms with E-state index in [4.69, 9.17) is 5.11 Å². The molecule has 0 heterocycles. The van der Waals surface area contributed by atoms with Crippen molar-refractivity contribution >= 4 is 33.3 Å². The van der Waals surface area contributed by atoms with Gasteiger partial charge < -0.3 is 10.4 Å². The summed E-state index contributed by atoms with van der Waals surface area (Å²) in [7, 11) is -4.03. The summed E-state index contributed by atoms with van der Waals surface area (Å²) in [5.41, 5.74) is 0.920. The van der Waals surface area contributed by atoms with Gasteiger partial charge in [-0.1, -0.05) is 12.1 Å². The summed E-state index contributed by atoms with van der Waals surface area (Å²) in [5, 5.41) is 11.6. The van der Waals surface area contributed by atoms with Crippen LogP contribution in [0.15, 0.2) is 71.6 Å². The third kappa shape index (κ3) is 4.81. The van der Waals surface area contributed by atoms with Crippen LogP contribution in [-0.4, -0.2) is 25.4 Å². The lowest BCUT2D eigenvalue weighted by molar-refractivity contribution is 0.0696. The zero-order valence-corrected chi connectivity index (χ0v) is 16.5. The highest BCUT2D eigenvalue weighted by Crippen LogP contribution is 2.22. The van der Waals surface area contributed by atoms with Gasteiger partial charge in [0, 0.05) is 16.9 Å². The second kappa shape index (κ2) is 8.34. The van der Waals surface area contributed by atoms with Crippen LogP contribution in [0.25, 0.3) is 0 Å². The molecule has 3 N–H and O–H groups in total. The van der Waals surface area contributed by atoms with Crippen LogP contribution in [0.5, 0.6) is 0 Å². The quantitative estimate of drug-likeness (QED) is 0.551. The molecule has 30 heavy (non-hydrogen) atoms. The summed E-state index contributed by atoms with van der Waals surface area (Å²) < 4.78 is 40.9. The van der Waals surface area contributed by atoms with Crippen LogP contribution in [0.2, 0.25) is 0 Å². The number of hydrogen-bond donors (Lipinski definition) is 3. The van der Waals surface area contributed by atoms with E-state index in [2.05, 4.69) is 10.0 Å². The SMILES string of the molecule is Cc1ccc(C(=O)Nc2cccc(C(=O)O)c2)cc1S(=O)(=O)Nc1ccc(F)cc1. The van der Waals surface area contributed by atoms with Gasteiger partial charge in [0.25, 0.3) is 15.9 Å². The molecule has 3 rings (SSSR count). The van der Waals surface area contributed by atoms with Gasteiger partial charge in [-0.25, -0.2) is 17.6 Å². The van der Waals surface area contributed by atoms with Crippen molar-refractivity contribution in [2.45, 2.75) is 11.8 Å². The van der Waals surface area contributed by atoms with Crippen LogP contribution in [0, 0.1) is 12.7 Å². The Morgan fingerprint density at radius 3 is 2.27 bits per heavy atom. The van der Waals surface area contributed by atoms with Gasteiger partial charge in [0.05, 0.1) is 10.5 Å². The second-order valence-corrected chi connectivity index (χ2v) is 8.08. The molecule has 0 bridgehead atoms. The number of halogens is 1. The Balaban J connectivity index is 1.87. The third-order valence-electron chi connectivity index (χ3n) is 4.20. The molecule has 3 aromatic carbocycles. The van der Waals surface area contributed by atoms with E-state index < -0.39 is 27.7 Å². The van der Waals surface area contributed by atoms with Crippen LogP contribution in [0.1, 0.15) is 26.3 Å². The molecule has 0 aliphatic rings. The number of aromatic carboxylic acids is 1. The van der Waals surface area contributed by atoms with Crippen molar-refractivity contribution in [3.63, 3.8) is 0 Å². The molecule has 0 atom stereocenters. The van der Waals surface area contributed by atoms with Crippen LogP contribution in [0.4, 0.5) is 15.8 Å². The number of amides is 1. The van der Waals surface area contributed by atoms with Crippen LogP contribution in [-0.2, 0) is 10.0 Å². The number of carboxylic acid groups (broad SMARTS) is 1. The largest absolute Gasteiger partial charge is 0.478 e. The molecule has 0 saturated carbocycles. The van der Waals surface area contributed by atoms with Gasteiger partial charge in [0.1, 0.15) is 5.82 Å². The number of carbonyl (C=O) groups excluding carboxylic acids is 1. The molecule has 9 heteroatoms. The molecule has 0 radical (unpaired) electrons. The van der Waals surface area contributed by atoms with Crippen LogP contribution >= 0.6 is 0 Å². The monoisotopic (exact) mass is 428 g/mol. The highest BCUT2D eigenvalue weighted by Gasteiger charge is 2.20. The number of anilines is 2. The number of aryl methyl sites for hydroxylation is 1. The molecule has 0 aliphatic heterocycles. The normalized spacial score (nSPS) is 11.0. The Hall–Kier alpha value is -3.72. The smallest absolute Gasteiger partial charge is 0.335 e. The van der Waals surface area contributed by atoms with Crippen molar-refractivity contribution in [3.8, 4) is 0 Å². The molecule has 0 saturated heterocycles. The maximum Gasteiger partial charge on any atom is 0.335 e. The Bertz CT molecular complexity index is 1220. The maximum atomic E-state index is 13.0. The predicted octanol–water partition coefficient (Wildman–Crippen LogP) is 3.89. The van der Waals surface area contributed by atoms with E-state index in [1.54, 1.807) is 6.92 Å². The first-order valence-electron chi connectivity index (χ1n) is 8.69. The van der Waals surface area contributed by atoms with Crippen LogP contribution < -0.4 is 10.0 Å². The van der Waals surface area contributed by atoms with Gasteiger partial charge in [-0.05, 0) is 67.1 Å². The first-order chi connectivity index (χ1) is 14.2. The molecule has 1 amide bonds. The summed E-state index contributed by atoms with van der Waals surface area (Å²) >= 11 is 0. The van der Waals surface area contributed by atoms with Crippen molar-refractivity contribution in [2.24, 2.45) is 0 Å². The first-order valence-corrected chi connectivity index (χ1v) is 10.2. The molecule has 154 valence electrons. The van der Waals surface area contributed by atoms with E-state index in [1.807, 2.05) is 0 Å². The minimum absolute atomic E-state index is 0.00321. The number of rotatable bonds is 6. The predicted molar refractivity (Wildman–Crippen MR) is 110 cm³/mol. The fourth-order valence-corrected chi connectivity index (χ4v) is 4.02. The van der Waals surface area contributed by atoms with E-state index in [1.165, 1.54) is 54.6 Å². The number of nitrogens with one attached hydrogen (secondary N) is 2. The molecule has 0 aromatic heterocycles. The van der Waals surface area contributed by atoms with Crippen molar-refractivity contribution < 1.29 is 27.5 Å². The minimum atomic E-state index is -4.03. The molecule has 3 aromatic rings. The average Bonchev–Trinajstić information content (AvgIpc) is 2.70. The van der Waals surface area contributed by atoms with Gasteiger partial charge in [-0.2, -0.15) is 0 Å². The first kappa shape index (κ1) is 21.0. The molecule has 7 nitrogen and oxygen atoms in total. The number of benzene rings is 3. The zero-order valence-electron chi connectivity index (χ0n) is 15.7. The van der Waals surface area contributed by atoms with Crippen molar-refractivity contribution in [2.75, 3.05) is 10.0 Å². The highest BCUT2D eigenvalue weighted by atomic mass is 32.2. The Labute approximate surface area is 172 Å². The van der Waals surface area contributed by atoms with E-state index in [0.717, 1.165) is 12.1 Å². The van der Waals surface area contributed by atoms with Crippen molar-refractivity contribution in [3.05, 3.63) is 89.2 Å². The van der Waals surface area contributed by atoms with Crippen LogP contribution in [0.3, 0.4) is 0 Å².